The van der Waals surface area contributed by atoms with Gasteiger partial charge in [0.2, 0.25) is 5.91 Å². The van der Waals surface area contributed by atoms with E-state index in [1.54, 1.807) is 0 Å². The van der Waals surface area contributed by atoms with E-state index in [1.165, 1.54) is 7.05 Å². The van der Waals surface area contributed by atoms with Gasteiger partial charge in [0.25, 0.3) is 0 Å². The predicted molar refractivity (Wildman–Crippen MR) is 53.9 cm³/mol. The molecule has 0 aromatic carbocycles. The van der Waals surface area contributed by atoms with E-state index in [0.717, 1.165) is 6.08 Å². The number of hydrogen-bond acceptors (Lipinski definition) is 2. The van der Waals surface area contributed by atoms with Crippen LogP contribution < -0.4 is 5.32 Å². The van der Waals surface area contributed by atoms with Crippen molar-refractivity contribution in [1.82, 2.24) is 5.32 Å². The molecule has 2 N–H and O–H groups in total. The third-order valence-electron chi connectivity index (χ3n) is 1.54. The summed E-state index contributed by atoms with van der Waals surface area (Å²) in [5.74, 6) is -1.42. The molecule has 0 atom stereocenters. The van der Waals surface area contributed by atoms with E-state index in [2.05, 4.69) is 5.32 Å². The molecule has 0 radical (unpaired) electrons. The maximum absolute atomic E-state index is 11.3. The maximum atomic E-state index is 11.3. The minimum absolute atomic E-state index is 0.103. The Morgan fingerprint density at radius 2 is 1.86 bits per heavy atom. The third-order valence-corrected chi connectivity index (χ3v) is 1.54. The summed E-state index contributed by atoms with van der Waals surface area (Å²) in [4.78, 5) is 21.7. The maximum Gasteiger partial charge on any atom is 0.328 e. The second kappa shape index (κ2) is 4.79. The van der Waals surface area contributed by atoms with E-state index in [4.69, 9.17) is 5.11 Å². The van der Waals surface area contributed by atoms with Gasteiger partial charge in [-0.3, -0.25) is 4.79 Å². The molecule has 0 saturated heterocycles. The van der Waals surface area contributed by atoms with E-state index in [1.807, 2.05) is 20.8 Å². The lowest BCUT2D eigenvalue weighted by atomic mass is 9.87. The van der Waals surface area contributed by atoms with Gasteiger partial charge in [0.1, 0.15) is 0 Å². The lowest BCUT2D eigenvalue weighted by molar-refractivity contribution is -0.132. The van der Waals surface area contributed by atoms with Crippen molar-refractivity contribution in [2.75, 3.05) is 7.05 Å². The van der Waals surface area contributed by atoms with Gasteiger partial charge < -0.3 is 10.4 Å². The van der Waals surface area contributed by atoms with Crippen molar-refractivity contribution < 1.29 is 14.7 Å². The first-order chi connectivity index (χ1) is 6.26. The quantitative estimate of drug-likeness (QED) is 0.671. The lowest BCUT2D eigenvalue weighted by Crippen LogP contribution is -2.23. The van der Waals surface area contributed by atoms with Gasteiger partial charge in [-0.15, -0.1) is 0 Å². The molecule has 80 valence electrons. The van der Waals surface area contributed by atoms with Crippen LogP contribution in [-0.4, -0.2) is 24.0 Å². The number of aliphatic carboxylic acids is 1. The van der Waals surface area contributed by atoms with E-state index in [-0.39, 0.29) is 11.3 Å². The van der Waals surface area contributed by atoms with Crippen molar-refractivity contribution in [2.24, 2.45) is 5.41 Å². The molecule has 4 nitrogen and oxygen atoms in total. The predicted octanol–water partition coefficient (Wildman–Crippen LogP) is 1.18. The number of carboxylic acid groups (broad SMARTS) is 1. The summed E-state index contributed by atoms with van der Waals surface area (Å²) in [5.41, 5.74) is 0.195. The highest BCUT2D eigenvalue weighted by atomic mass is 16.4. The largest absolute Gasteiger partial charge is 0.478 e. The van der Waals surface area contributed by atoms with Crippen LogP contribution in [0.3, 0.4) is 0 Å². The van der Waals surface area contributed by atoms with Gasteiger partial charge in [-0.1, -0.05) is 20.8 Å². The topological polar surface area (TPSA) is 66.4 Å². The van der Waals surface area contributed by atoms with Crippen LogP contribution >= 0.6 is 0 Å². The SMILES string of the molecule is CNC(=O)/C(=C\C(=O)O)CC(C)(C)C. The van der Waals surface area contributed by atoms with E-state index >= 15 is 0 Å². The average molecular weight is 199 g/mol. The standard InChI is InChI=1S/C10H17NO3/c1-10(2,3)6-7(5-8(12)13)9(14)11-4/h5H,6H2,1-4H3,(H,11,14)(H,12,13)/b7-5-. The fraction of sp³-hybridized carbons (Fsp3) is 0.600. The molecular weight excluding hydrogens is 182 g/mol. The number of hydrogen-bond donors (Lipinski definition) is 2. The minimum atomic E-state index is -1.09. The molecule has 0 rings (SSSR count). The Hall–Kier alpha value is -1.32. The second-order valence-corrected chi connectivity index (χ2v) is 4.32. The summed E-state index contributed by atoms with van der Waals surface area (Å²) in [5, 5.41) is 11.0. The van der Waals surface area contributed by atoms with Crippen molar-refractivity contribution in [3.05, 3.63) is 11.6 Å². The fourth-order valence-corrected chi connectivity index (χ4v) is 1.08. The summed E-state index contributed by atoms with van der Waals surface area (Å²) in [7, 11) is 1.49. The van der Waals surface area contributed by atoms with Crippen LogP contribution in [0.2, 0.25) is 0 Å². The van der Waals surface area contributed by atoms with Crippen LogP contribution in [0.25, 0.3) is 0 Å². The first-order valence-corrected chi connectivity index (χ1v) is 4.42. The first-order valence-electron chi connectivity index (χ1n) is 4.42. The second-order valence-electron chi connectivity index (χ2n) is 4.32. The fourth-order valence-electron chi connectivity index (χ4n) is 1.08. The Labute approximate surface area is 84.0 Å². The van der Waals surface area contributed by atoms with Crippen molar-refractivity contribution in [3.8, 4) is 0 Å². The van der Waals surface area contributed by atoms with E-state index in [9.17, 15) is 9.59 Å². The van der Waals surface area contributed by atoms with Gasteiger partial charge in [-0.25, -0.2) is 4.79 Å². The molecule has 0 aliphatic heterocycles. The molecule has 0 aromatic heterocycles. The highest BCUT2D eigenvalue weighted by Gasteiger charge is 2.18. The monoisotopic (exact) mass is 199 g/mol. The third kappa shape index (κ3) is 5.35. The lowest BCUT2D eigenvalue weighted by Gasteiger charge is -2.19. The molecule has 0 unspecified atom stereocenters. The van der Waals surface area contributed by atoms with Crippen LogP contribution in [0.1, 0.15) is 27.2 Å². The normalized spacial score (nSPS) is 12.4. The number of carbonyl (C=O) groups is 2. The Morgan fingerprint density at radius 3 is 2.14 bits per heavy atom. The molecule has 0 aliphatic carbocycles. The number of amides is 1. The Bertz CT molecular complexity index is 261. The smallest absolute Gasteiger partial charge is 0.328 e. The molecule has 0 saturated carbocycles. The minimum Gasteiger partial charge on any atom is -0.478 e. The Balaban J connectivity index is 4.75. The van der Waals surface area contributed by atoms with Crippen LogP contribution in [0, 0.1) is 5.41 Å². The molecule has 0 aromatic rings. The van der Waals surface area contributed by atoms with Crippen molar-refractivity contribution >= 4 is 11.9 Å². The van der Waals surface area contributed by atoms with Gasteiger partial charge >= 0.3 is 5.97 Å². The van der Waals surface area contributed by atoms with E-state index in [0.29, 0.717) is 12.0 Å². The molecule has 0 fully saturated rings. The number of likely N-dealkylation sites (N-methyl/N-ethyl adjacent to an activating group) is 1. The first kappa shape index (κ1) is 12.7. The van der Waals surface area contributed by atoms with Crippen molar-refractivity contribution in [2.45, 2.75) is 27.2 Å². The highest BCUT2D eigenvalue weighted by molar-refractivity contribution is 5.98. The molecule has 0 aliphatic rings. The number of nitrogens with one attached hydrogen (secondary N) is 1. The number of rotatable bonds is 3. The molecule has 14 heavy (non-hydrogen) atoms. The molecule has 0 bridgehead atoms. The molecule has 0 spiro atoms. The zero-order valence-electron chi connectivity index (χ0n) is 9.05. The van der Waals surface area contributed by atoms with Crippen LogP contribution in [0.5, 0.6) is 0 Å². The van der Waals surface area contributed by atoms with Crippen LogP contribution in [0.15, 0.2) is 11.6 Å². The summed E-state index contributed by atoms with van der Waals surface area (Å²) >= 11 is 0. The summed E-state index contributed by atoms with van der Waals surface area (Å²) in [6, 6.07) is 0. The zero-order valence-corrected chi connectivity index (χ0v) is 9.05. The van der Waals surface area contributed by atoms with Crippen molar-refractivity contribution in [3.63, 3.8) is 0 Å². The van der Waals surface area contributed by atoms with Gasteiger partial charge in [-0.05, 0) is 11.8 Å². The molecular formula is C10H17NO3. The molecule has 4 heteroatoms. The van der Waals surface area contributed by atoms with Crippen molar-refractivity contribution in [1.29, 1.82) is 0 Å². The zero-order chi connectivity index (χ0) is 11.4. The molecule has 1 amide bonds. The Kier molecular flexibility index (Phi) is 4.34. The van der Waals surface area contributed by atoms with E-state index < -0.39 is 5.97 Å². The van der Waals surface area contributed by atoms with Crippen LogP contribution in [0.4, 0.5) is 0 Å². The van der Waals surface area contributed by atoms with Gasteiger partial charge in [0, 0.05) is 18.7 Å². The average Bonchev–Trinajstić information content (AvgIpc) is 1.98. The highest BCUT2D eigenvalue weighted by Crippen LogP contribution is 2.23. The number of carbonyl (C=O) groups excluding carboxylic acids is 1. The van der Waals surface area contributed by atoms with Gasteiger partial charge in [0.15, 0.2) is 0 Å². The summed E-state index contributed by atoms with van der Waals surface area (Å²) in [6.45, 7) is 5.85. The van der Waals surface area contributed by atoms with Gasteiger partial charge in [0.05, 0.1) is 0 Å². The summed E-state index contributed by atoms with van der Waals surface area (Å²) in [6.07, 6.45) is 1.41. The number of carboxylic acids is 1. The van der Waals surface area contributed by atoms with Gasteiger partial charge in [-0.2, -0.15) is 0 Å². The molecule has 0 heterocycles. The van der Waals surface area contributed by atoms with Crippen LogP contribution in [-0.2, 0) is 9.59 Å². The summed E-state index contributed by atoms with van der Waals surface area (Å²) < 4.78 is 0. The Morgan fingerprint density at radius 1 is 1.36 bits per heavy atom.